The van der Waals surface area contributed by atoms with Gasteiger partial charge in [-0.15, -0.1) is 0 Å². The molecule has 0 aromatic carbocycles. The van der Waals surface area contributed by atoms with Crippen molar-refractivity contribution in [3.63, 3.8) is 0 Å². The Hall–Kier alpha value is -1.56. The van der Waals surface area contributed by atoms with Gasteiger partial charge in [-0.05, 0) is 19.3 Å². The van der Waals surface area contributed by atoms with E-state index in [1.165, 1.54) is 0 Å². The molecule has 1 N–H and O–H groups in total. The quantitative estimate of drug-likeness (QED) is 0.645. The highest BCUT2D eigenvalue weighted by molar-refractivity contribution is 5.79. The molecule has 1 atom stereocenters. The Morgan fingerprint density at radius 2 is 2.36 bits per heavy atom. The average Bonchev–Trinajstić information content (AvgIpc) is 3.14. The number of nitrogens with zero attached hydrogens (tertiary/aromatic N) is 3. The van der Waals surface area contributed by atoms with Crippen LogP contribution in [0.1, 0.15) is 44.6 Å². The van der Waals surface area contributed by atoms with Crippen LogP contribution in [0.4, 0.5) is 0 Å². The first kappa shape index (κ1) is 16.8. The van der Waals surface area contributed by atoms with Gasteiger partial charge in [0.25, 0.3) is 0 Å². The molecule has 6 heteroatoms. The first-order chi connectivity index (χ1) is 10.6. The highest BCUT2D eigenvalue weighted by Crippen LogP contribution is 2.15. The van der Waals surface area contributed by atoms with Crippen molar-refractivity contribution in [3.8, 4) is 0 Å². The van der Waals surface area contributed by atoms with E-state index in [0.29, 0.717) is 18.4 Å². The molecule has 2 heterocycles. The first-order valence-electron chi connectivity index (χ1n) is 8.12. The van der Waals surface area contributed by atoms with Gasteiger partial charge in [-0.1, -0.05) is 19.0 Å². The zero-order valence-electron chi connectivity index (χ0n) is 14.1. The smallest absolute Gasteiger partial charge is 0.194 e. The zero-order chi connectivity index (χ0) is 15.9. The van der Waals surface area contributed by atoms with Gasteiger partial charge in [0.2, 0.25) is 0 Å². The molecular weight excluding hydrogens is 280 g/mol. The van der Waals surface area contributed by atoms with Crippen LogP contribution in [0.3, 0.4) is 0 Å². The van der Waals surface area contributed by atoms with Crippen molar-refractivity contribution in [2.75, 3.05) is 33.4 Å². The lowest BCUT2D eigenvalue weighted by molar-refractivity contribution is 0.181. The Labute approximate surface area is 132 Å². The summed E-state index contributed by atoms with van der Waals surface area (Å²) in [5, 5.41) is 7.40. The molecule has 2 rings (SSSR count). The minimum absolute atomic E-state index is 0.375. The molecule has 0 aliphatic carbocycles. The summed E-state index contributed by atoms with van der Waals surface area (Å²) < 4.78 is 10.8. The fourth-order valence-electron chi connectivity index (χ4n) is 2.50. The number of aliphatic imine (C=N–C) groups is 1. The van der Waals surface area contributed by atoms with E-state index in [-0.39, 0.29) is 0 Å². The summed E-state index contributed by atoms with van der Waals surface area (Å²) in [6.07, 6.45) is 1.13. The van der Waals surface area contributed by atoms with Gasteiger partial charge in [-0.25, -0.2) is 4.99 Å². The van der Waals surface area contributed by atoms with Gasteiger partial charge >= 0.3 is 0 Å². The van der Waals surface area contributed by atoms with Gasteiger partial charge in [-0.3, -0.25) is 0 Å². The maximum atomic E-state index is 5.44. The molecule has 0 saturated carbocycles. The normalized spacial score (nSPS) is 19.0. The van der Waals surface area contributed by atoms with Crippen molar-refractivity contribution >= 4 is 5.96 Å². The van der Waals surface area contributed by atoms with Crippen molar-refractivity contribution in [2.24, 2.45) is 10.9 Å². The minimum Gasteiger partial charge on any atom is -0.381 e. The van der Waals surface area contributed by atoms with Gasteiger partial charge in [0, 0.05) is 38.7 Å². The van der Waals surface area contributed by atoms with E-state index in [1.54, 1.807) is 0 Å². The van der Waals surface area contributed by atoms with Crippen molar-refractivity contribution in [1.82, 2.24) is 15.4 Å². The second-order valence-electron chi connectivity index (χ2n) is 6.15. The SMILES string of the molecule is CCNC(=NCc1cc(C(C)C)no1)N(C)CC1CCOC1. The molecule has 22 heavy (non-hydrogen) atoms. The molecule has 0 bridgehead atoms. The standard InChI is InChI=1S/C16H28N4O2/c1-5-17-16(20(4)10-13-6-7-21-11-13)18-9-14-8-15(12(2)3)19-22-14/h8,12-13H,5-7,9-11H2,1-4H3,(H,17,18). The molecule has 0 amide bonds. The predicted octanol–water partition coefficient (Wildman–Crippen LogP) is 2.23. The van der Waals surface area contributed by atoms with Crippen LogP contribution in [0, 0.1) is 5.92 Å². The van der Waals surface area contributed by atoms with E-state index in [4.69, 9.17) is 9.26 Å². The fourth-order valence-corrected chi connectivity index (χ4v) is 2.50. The Kier molecular flexibility index (Phi) is 6.24. The van der Waals surface area contributed by atoms with E-state index in [0.717, 1.165) is 50.1 Å². The minimum atomic E-state index is 0.375. The second-order valence-corrected chi connectivity index (χ2v) is 6.15. The Morgan fingerprint density at radius 3 is 2.95 bits per heavy atom. The maximum absolute atomic E-state index is 5.44. The number of nitrogens with one attached hydrogen (secondary N) is 1. The van der Waals surface area contributed by atoms with Crippen molar-refractivity contribution < 1.29 is 9.26 Å². The lowest BCUT2D eigenvalue weighted by atomic mass is 10.1. The summed E-state index contributed by atoms with van der Waals surface area (Å²) in [5.74, 6) is 2.67. The van der Waals surface area contributed by atoms with Crippen LogP contribution < -0.4 is 5.32 Å². The van der Waals surface area contributed by atoms with Crippen LogP contribution in [-0.2, 0) is 11.3 Å². The summed E-state index contributed by atoms with van der Waals surface area (Å²) >= 11 is 0. The molecule has 124 valence electrons. The molecule has 0 spiro atoms. The monoisotopic (exact) mass is 308 g/mol. The molecule has 0 radical (unpaired) electrons. The molecular formula is C16H28N4O2. The maximum Gasteiger partial charge on any atom is 0.194 e. The van der Waals surface area contributed by atoms with Crippen molar-refractivity contribution in [3.05, 3.63) is 17.5 Å². The summed E-state index contributed by atoms with van der Waals surface area (Å²) in [7, 11) is 2.07. The van der Waals surface area contributed by atoms with Crippen LogP contribution >= 0.6 is 0 Å². The predicted molar refractivity (Wildman–Crippen MR) is 87.0 cm³/mol. The highest BCUT2D eigenvalue weighted by Gasteiger charge is 2.19. The lowest BCUT2D eigenvalue weighted by Crippen LogP contribution is -2.41. The Morgan fingerprint density at radius 1 is 1.55 bits per heavy atom. The third-order valence-electron chi connectivity index (χ3n) is 3.81. The van der Waals surface area contributed by atoms with Gasteiger partial charge in [0.15, 0.2) is 11.7 Å². The summed E-state index contributed by atoms with van der Waals surface area (Å²) in [4.78, 5) is 6.82. The number of ether oxygens (including phenoxy) is 1. The lowest BCUT2D eigenvalue weighted by Gasteiger charge is -2.24. The molecule has 1 unspecified atom stereocenters. The van der Waals surface area contributed by atoms with Crippen LogP contribution in [-0.4, -0.2) is 49.4 Å². The zero-order valence-corrected chi connectivity index (χ0v) is 14.1. The largest absolute Gasteiger partial charge is 0.381 e. The van der Waals surface area contributed by atoms with Crippen molar-refractivity contribution in [2.45, 2.75) is 39.7 Å². The molecule has 1 aromatic heterocycles. The van der Waals surface area contributed by atoms with Gasteiger partial charge in [-0.2, -0.15) is 0 Å². The van der Waals surface area contributed by atoms with E-state index in [9.17, 15) is 0 Å². The Balaban J connectivity index is 1.95. The van der Waals surface area contributed by atoms with Crippen LogP contribution in [0.2, 0.25) is 0 Å². The second kappa shape index (κ2) is 8.17. The number of hydrogen-bond acceptors (Lipinski definition) is 4. The summed E-state index contributed by atoms with van der Waals surface area (Å²) in [5.41, 5.74) is 0.978. The van der Waals surface area contributed by atoms with E-state index in [2.05, 4.69) is 48.2 Å². The highest BCUT2D eigenvalue weighted by atomic mass is 16.5. The molecule has 1 aliphatic rings. The first-order valence-corrected chi connectivity index (χ1v) is 8.12. The summed E-state index contributed by atoms with van der Waals surface area (Å²) in [6.45, 7) is 10.3. The topological polar surface area (TPSA) is 62.9 Å². The van der Waals surface area contributed by atoms with E-state index < -0.39 is 0 Å². The molecule has 6 nitrogen and oxygen atoms in total. The molecule has 1 aromatic rings. The third kappa shape index (κ3) is 4.73. The van der Waals surface area contributed by atoms with E-state index in [1.807, 2.05) is 6.07 Å². The van der Waals surface area contributed by atoms with Crippen LogP contribution in [0.15, 0.2) is 15.6 Å². The van der Waals surface area contributed by atoms with E-state index >= 15 is 0 Å². The van der Waals surface area contributed by atoms with Gasteiger partial charge < -0.3 is 19.5 Å². The summed E-state index contributed by atoms with van der Waals surface area (Å²) in [6, 6.07) is 1.99. The average molecular weight is 308 g/mol. The van der Waals surface area contributed by atoms with Gasteiger partial charge in [0.1, 0.15) is 6.54 Å². The van der Waals surface area contributed by atoms with Gasteiger partial charge in [0.05, 0.1) is 12.3 Å². The third-order valence-corrected chi connectivity index (χ3v) is 3.81. The number of rotatable bonds is 6. The fraction of sp³-hybridized carbons (Fsp3) is 0.750. The van der Waals surface area contributed by atoms with Crippen molar-refractivity contribution in [1.29, 1.82) is 0 Å². The number of hydrogen-bond donors (Lipinski definition) is 1. The molecule has 1 aliphatic heterocycles. The number of aromatic nitrogens is 1. The Bertz CT molecular complexity index is 478. The molecule has 1 saturated heterocycles. The number of guanidine groups is 1. The van der Waals surface area contributed by atoms with Crippen LogP contribution in [0.5, 0.6) is 0 Å². The van der Waals surface area contributed by atoms with Crippen LogP contribution in [0.25, 0.3) is 0 Å². The molecule has 1 fully saturated rings.